The minimum absolute atomic E-state index is 0.111. The van der Waals surface area contributed by atoms with Crippen LogP contribution >= 0.6 is 0 Å². The van der Waals surface area contributed by atoms with Crippen LogP contribution in [0.25, 0.3) is 0 Å². The second kappa shape index (κ2) is 14.7. The smallest absolute Gasteiger partial charge is 0.339 e. The Morgan fingerprint density at radius 2 is 1.45 bits per heavy atom. The Bertz CT molecular complexity index is 1710. The Morgan fingerprint density at radius 3 is 2.02 bits per heavy atom. The van der Waals surface area contributed by atoms with Gasteiger partial charge in [-0.15, -0.1) is 0 Å². The number of hydrazone groups is 1. The van der Waals surface area contributed by atoms with Gasteiger partial charge in [-0.2, -0.15) is 5.10 Å². The molecule has 0 aliphatic carbocycles. The molecule has 2 amide bonds. The quantitative estimate of drug-likeness (QED) is 0.137. The molecule has 0 radical (unpaired) electrons. The number of hydrogen-bond acceptors (Lipinski definition) is 6. The average Bonchev–Trinajstić information content (AvgIpc) is 3.01. The van der Waals surface area contributed by atoms with Crippen LogP contribution in [0.3, 0.4) is 0 Å². The van der Waals surface area contributed by atoms with Gasteiger partial charge >= 0.3 is 6.03 Å². The topological polar surface area (TPSA) is 109 Å². The van der Waals surface area contributed by atoms with E-state index < -0.39 is 16.1 Å². The number of sulfonamides is 1. The maximum Gasteiger partial charge on any atom is 0.339 e. The van der Waals surface area contributed by atoms with Crippen molar-refractivity contribution in [2.45, 2.75) is 44.8 Å². The summed E-state index contributed by atoms with van der Waals surface area (Å²) in [5.74, 6) is 1.39. The molecule has 2 N–H and O–H groups in total. The Hall–Kier alpha value is -4.67. The molecule has 0 saturated heterocycles. The minimum atomic E-state index is -3.68. The van der Waals surface area contributed by atoms with Crippen molar-refractivity contribution < 1.29 is 22.7 Å². The van der Waals surface area contributed by atoms with Crippen molar-refractivity contribution in [2.24, 2.45) is 5.10 Å². The maximum absolute atomic E-state index is 12.7. The molecule has 4 rings (SSSR count). The van der Waals surface area contributed by atoms with Gasteiger partial charge in [-0.1, -0.05) is 80.6 Å². The van der Waals surface area contributed by atoms with E-state index in [2.05, 4.69) is 29.7 Å². The Labute approximate surface area is 259 Å². The van der Waals surface area contributed by atoms with E-state index in [1.165, 1.54) is 26.4 Å². The van der Waals surface area contributed by atoms with Gasteiger partial charge in [-0.3, -0.25) is 0 Å². The van der Waals surface area contributed by atoms with Crippen LogP contribution in [0.5, 0.6) is 11.5 Å². The third-order valence-corrected chi connectivity index (χ3v) is 8.77. The number of carbonyl (C=O) groups is 1. The summed E-state index contributed by atoms with van der Waals surface area (Å²) in [6.45, 7) is 6.60. The SMILES string of the molecule is Cc1ccc(NC(=O)N/N=C/c2cc(C(C)C)c(OCc3ccccc3)cc2OCc2ccccc2)cc1S(=O)(=O)N(C)C. The van der Waals surface area contributed by atoms with Crippen LogP contribution in [0.15, 0.2) is 101 Å². The first-order chi connectivity index (χ1) is 21.0. The molecule has 0 aliphatic heterocycles. The fourth-order valence-electron chi connectivity index (χ4n) is 4.34. The molecule has 0 spiro atoms. The van der Waals surface area contributed by atoms with Gasteiger partial charge in [0, 0.05) is 31.4 Å². The molecule has 4 aromatic carbocycles. The van der Waals surface area contributed by atoms with Crippen molar-refractivity contribution in [1.82, 2.24) is 9.73 Å². The second-order valence-corrected chi connectivity index (χ2v) is 12.8. The van der Waals surface area contributed by atoms with E-state index in [9.17, 15) is 13.2 Å². The molecule has 9 nitrogen and oxygen atoms in total. The largest absolute Gasteiger partial charge is 0.488 e. The molecular weight excluding hydrogens is 576 g/mol. The lowest BCUT2D eigenvalue weighted by Gasteiger charge is -2.18. The van der Waals surface area contributed by atoms with Gasteiger partial charge in [-0.25, -0.2) is 22.9 Å². The molecule has 0 bridgehead atoms. The van der Waals surface area contributed by atoms with Gasteiger partial charge in [0.15, 0.2) is 0 Å². The Morgan fingerprint density at radius 1 is 0.864 bits per heavy atom. The van der Waals surface area contributed by atoms with E-state index in [1.807, 2.05) is 72.8 Å². The molecule has 4 aromatic rings. The van der Waals surface area contributed by atoms with Crippen molar-refractivity contribution in [3.8, 4) is 11.5 Å². The zero-order valence-corrected chi connectivity index (χ0v) is 26.4. The van der Waals surface area contributed by atoms with Crippen molar-refractivity contribution in [2.75, 3.05) is 19.4 Å². The summed E-state index contributed by atoms with van der Waals surface area (Å²) >= 11 is 0. The number of urea groups is 1. The van der Waals surface area contributed by atoms with Crippen molar-refractivity contribution in [1.29, 1.82) is 0 Å². The lowest BCUT2D eigenvalue weighted by atomic mass is 9.99. The normalized spacial score (nSPS) is 11.6. The molecule has 0 atom stereocenters. The van der Waals surface area contributed by atoms with E-state index in [-0.39, 0.29) is 10.8 Å². The average molecular weight is 615 g/mol. The molecule has 230 valence electrons. The summed E-state index contributed by atoms with van der Waals surface area (Å²) < 4.78 is 38.9. The van der Waals surface area contributed by atoms with E-state index in [4.69, 9.17) is 9.47 Å². The standard InChI is InChI=1S/C34H38N4O5S/c1-24(2)30-18-28(21-35-37-34(39)36-29-17-16-25(3)33(19-29)44(40,41)38(4)5)31(42-22-26-12-8-6-9-13-26)20-32(30)43-23-27-14-10-7-11-15-27/h6-21,24H,22-23H2,1-5H3,(H2,36,37,39)/b35-21+. The Kier molecular flexibility index (Phi) is 10.8. The first kappa shape index (κ1) is 32.2. The predicted octanol–water partition coefficient (Wildman–Crippen LogP) is 6.68. The molecule has 10 heteroatoms. The fraction of sp³-hybridized carbons (Fsp3) is 0.235. The number of anilines is 1. The molecule has 0 fully saturated rings. The van der Waals surface area contributed by atoms with Gasteiger partial charge in [-0.05, 0) is 53.3 Å². The summed E-state index contributed by atoms with van der Waals surface area (Å²) in [4.78, 5) is 12.8. The van der Waals surface area contributed by atoms with Crippen LogP contribution in [0.2, 0.25) is 0 Å². The molecule has 44 heavy (non-hydrogen) atoms. The van der Waals surface area contributed by atoms with Crippen LogP contribution in [-0.4, -0.2) is 39.1 Å². The molecule has 0 aliphatic rings. The van der Waals surface area contributed by atoms with E-state index >= 15 is 0 Å². The number of nitrogens with zero attached hydrogens (tertiary/aromatic N) is 2. The number of amides is 2. The first-order valence-corrected chi connectivity index (χ1v) is 15.6. The van der Waals surface area contributed by atoms with Gasteiger partial charge in [0.05, 0.1) is 11.1 Å². The Balaban J connectivity index is 1.55. The number of ether oxygens (including phenoxy) is 2. The molecule has 0 aromatic heterocycles. The predicted molar refractivity (Wildman–Crippen MR) is 174 cm³/mol. The summed E-state index contributed by atoms with van der Waals surface area (Å²) in [7, 11) is -0.758. The van der Waals surface area contributed by atoms with Crippen molar-refractivity contribution in [3.05, 3.63) is 119 Å². The van der Waals surface area contributed by atoms with Crippen LogP contribution in [-0.2, 0) is 23.2 Å². The molecular formula is C34H38N4O5S. The monoisotopic (exact) mass is 614 g/mol. The van der Waals surface area contributed by atoms with Crippen LogP contribution < -0.4 is 20.2 Å². The number of rotatable bonds is 12. The third-order valence-electron chi connectivity index (χ3n) is 6.81. The zero-order valence-electron chi connectivity index (χ0n) is 25.6. The number of benzene rings is 4. The van der Waals surface area contributed by atoms with Gasteiger partial charge < -0.3 is 14.8 Å². The van der Waals surface area contributed by atoms with E-state index in [1.54, 1.807) is 19.1 Å². The summed E-state index contributed by atoms with van der Waals surface area (Å²) in [5, 5.41) is 6.80. The highest BCUT2D eigenvalue weighted by Gasteiger charge is 2.20. The highest BCUT2D eigenvalue weighted by Crippen LogP contribution is 2.34. The van der Waals surface area contributed by atoms with Gasteiger partial charge in [0.2, 0.25) is 10.0 Å². The highest BCUT2D eigenvalue weighted by molar-refractivity contribution is 7.89. The molecule has 0 unspecified atom stereocenters. The minimum Gasteiger partial charge on any atom is -0.488 e. The number of nitrogens with one attached hydrogen (secondary N) is 2. The zero-order chi connectivity index (χ0) is 31.7. The summed E-state index contributed by atoms with van der Waals surface area (Å²) in [6, 6.07) is 27.6. The third kappa shape index (κ3) is 8.46. The van der Waals surface area contributed by atoms with E-state index in [0.29, 0.717) is 41.5 Å². The van der Waals surface area contributed by atoms with E-state index in [0.717, 1.165) is 21.0 Å². The van der Waals surface area contributed by atoms with Crippen LogP contribution in [0, 0.1) is 6.92 Å². The van der Waals surface area contributed by atoms with Gasteiger partial charge in [0.1, 0.15) is 24.7 Å². The fourth-order valence-corrected chi connectivity index (χ4v) is 5.48. The summed E-state index contributed by atoms with van der Waals surface area (Å²) in [6.07, 6.45) is 1.52. The van der Waals surface area contributed by atoms with Gasteiger partial charge in [0.25, 0.3) is 0 Å². The number of hydrogen-bond donors (Lipinski definition) is 2. The van der Waals surface area contributed by atoms with Crippen LogP contribution in [0.1, 0.15) is 47.6 Å². The van der Waals surface area contributed by atoms with Crippen LogP contribution in [0.4, 0.5) is 10.5 Å². The first-order valence-electron chi connectivity index (χ1n) is 14.2. The maximum atomic E-state index is 12.7. The van der Waals surface area contributed by atoms with Crippen molar-refractivity contribution in [3.63, 3.8) is 0 Å². The number of aryl methyl sites for hydroxylation is 1. The molecule has 0 heterocycles. The number of carbonyl (C=O) groups excluding carboxylic acids is 1. The van der Waals surface area contributed by atoms with Crippen molar-refractivity contribution >= 4 is 28.0 Å². The highest BCUT2D eigenvalue weighted by atomic mass is 32.2. The second-order valence-electron chi connectivity index (χ2n) is 10.7. The summed E-state index contributed by atoms with van der Waals surface area (Å²) in [5.41, 5.74) is 7.03. The lowest BCUT2D eigenvalue weighted by Crippen LogP contribution is -2.25. The molecule has 0 saturated carbocycles. The lowest BCUT2D eigenvalue weighted by molar-refractivity contribution is 0.252.